The van der Waals surface area contributed by atoms with E-state index in [0.29, 0.717) is 45.5 Å². The third-order valence-electron chi connectivity index (χ3n) is 7.96. The number of urea groups is 1. The minimum atomic E-state index is -1.44. The Morgan fingerprint density at radius 1 is 1.32 bits per heavy atom. The molecule has 2 aliphatic rings. The van der Waals surface area contributed by atoms with Gasteiger partial charge in [0.1, 0.15) is 5.82 Å². The molecule has 2 heterocycles. The zero-order chi connectivity index (χ0) is 26.8. The number of carbonyl (C=O) groups is 1. The molecule has 3 N–H and O–H groups in total. The number of methoxy groups -OCH3 is 1. The Balaban J connectivity index is 1.73. The molecule has 0 aliphatic carbocycles. The highest BCUT2D eigenvalue weighted by atomic mass is 35.5. The van der Waals surface area contributed by atoms with Gasteiger partial charge in [-0.3, -0.25) is 0 Å². The number of carbonyl (C=O) groups excluding carboxylic acids is 1. The molecule has 0 aromatic heterocycles. The smallest absolute Gasteiger partial charge is 0.317 e. The second-order valence-electron chi connectivity index (χ2n) is 10.4. The van der Waals surface area contributed by atoms with Crippen LogP contribution in [0.1, 0.15) is 70.8 Å². The van der Waals surface area contributed by atoms with Gasteiger partial charge < -0.3 is 30.1 Å². The Kier molecular flexibility index (Phi) is 11.9. The van der Waals surface area contributed by atoms with E-state index in [9.17, 15) is 9.90 Å². The van der Waals surface area contributed by atoms with Crippen LogP contribution in [0.25, 0.3) is 0 Å². The molecule has 0 spiro atoms. The van der Waals surface area contributed by atoms with Crippen molar-refractivity contribution < 1.29 is 23.8 Å². The van der Waals surface area contributed by atoms with Gasteiger partial charge in [-0.15, -0.1) is 0 Å². The van der Waals surface area contributed by atoms with Crippen LogP contribution in [0.4, 0.5) is 9.18 Å². The molecule has 1 aromatic carbocycles. The number of hydrogen-bond acceptors (Lipinski definition) is 5. The SMILES string of the molecule is CCC(CC)O[C@@H]1CCNC[C@H]1NC(=O)N1CCC[C@@H]([C@@](O)(CCCCOC)c2cccc(Cl)c2F)C1. The van der Waals surface area contributed by atoms with Crippen molar-refractivity contribution in [3.8, 4) is 0 Å². The fourth-order valence-electron chi connectivity index (χ4n) is 5.71. The molecular weight excluding hydrogens is 497 g/mol. The van der Waals surface area contributed by atoms with Crippen LogP contribution in [0.5, 0.6) is 0 Å². The van der Waals surface area contributed by atoms with E-state index in [1.807, 2.05) is 0 Å². The number of aliphatic hydroxyl groups is 1. The Morgan fingerprint density at radius 2 is 2.11 bits per heavy atom. The number of halogens is 2. The molecule has 9 heteroatoms. The summed E-state index contributed by atoms with van der Waals surface area (Å²) in [6.07, 6.45) is 6.10. The normalized spacial score (nSPS) is 24.2. The summed E-state index contributed by atoms with van der Waals surface area (Å²) in [5.41, 5.74) is -1.23. The van der Waals surface area contributed by atoms with E-state index in [0.717, 1.165) is 38.6 Å². The van der Waals surface area contributed by atoms with Crippen molar-refractivity contribution in [3.05, 3.63) is 34.6 Å². The van der Waals surface area contributed by atoms with E-state index >= 15 is 4.39 Å². The monoisotopic (exact) mass is 541 g/mol. The Morgan fingerprint density at radius 3 is 2.84 bits per heavy atom. The third-order valence-corrected chi connectivity index (χ3v) is 8.26. The highest BCUT2D eigenvalue weighted by Crippen LogP contribution is 2.42. The van der Waals surface area contributed by atoms with Crippen LogP contribution in [0, 0.1) is 11.7 Å². The van der Waals surface area contributed by atoms with Gasteiger partial charge in [0.25, 0.3) is 0 Å². The number of amides is 2. The zero-order valence-corrected chi connectivity index (χ0v) is 23.4. The molecule has 4 atom stereocenters. The van der Waals surface area contributed by atoms with Gasteiger partial charge in [0.15, 0.2) is 0 Å². The van der Waals surface area contributed by atoms with Gasteiger partial charge in [0, 0.05) is 44.8 Å². The van der Waals surface area contributed by atoms with Crippen LogP contribution in [0.3, 0.4) is 0 Å². The summed E-state index contributed by atoms with van der Waals surface area (Å²) in [7, 11) is 1.64. The second-order valence-corrected chi connectivity index (χ2v) is 10.8. The molecule has 2 saturated heterocycles. The van der Waals surface area contributed by atoms with Gasteiger partial charge in [0.05, 0.1) is 28.9 Å². The lowest BCUT2D eigenvalue weighted by Crippen LogP contribution is -2.59. The number of ether oxygens (including phenoxy) is 2. The Hall–Kier alpha value is -1.45. The molecule has 37 heavy (non-hydrogen) atoms. The summed E-state index contributed by atoms with van der Waals surface area (Å²) in [6, 6.07) is 4.49. The van der Waals surface area contributed by atoms with Gasteiger partial charge in [-0.05, 0) is 64.0 Å². The molecule has 3 rings (SSSR count). The molecule has 0 saturated carbocycles. The van der Waals surface area contributed by atoms with Crippen LogP contribution < -0.4 is 10.6 Å². The van der Waals surface area contributed by atoms with E-state index in [1.54, 1.807) is 24.1 Å². The van der Waals surface area contributed by atoms with Crippen molar-refractivity contribution in [3.63, 3.8) is 0 Å². The van der Waals surface area contributed by atoms with Gasteiger partial charge in [-0.25, -0.2) is 9.18 Å². The van der Waals surface area contributed by atoms with E-state index < -0.39 is 11.4 Å². The number of unbranched alkanes of at least 4 members (excludes halogenated alkanes) is 1. The van der Waals surface area contributed by atoms with Crippen molar-refractivity contribution in [2.75, 3.05) is 39.9 Å². The summed E-state index contributed by atoms with van der Waals surface area (Å²) in [5, 5.41) is 18.5. The number of benzene rings is 1. The van der Waals surface area contributed by atoms with Crippen LogP contribution in [-0.4, -0.2) is 74.2 Å². The van der Waals surface area contributed by atoms with Gasteiger partial charge >= 0.3 is 6.03 Å². The molecule has 0 radical (unpaired) electrons. The van der Waals surface area contributed by atoms with Crippen molar-refractivity contribution in [2.24, 2.45) is 5.92 Å². The molecule has 2 amide bonds. The average molecular weight is 542 g/mol. The average Bonchev–Trinajstić information content (AvgIpc) is 2.92. The quantitative estimate of drug-likeness (QED) is 0.330. The zero-order valence-electron chi connectivity index (χ0n) is 22.6. The van der Waals surface area contributed by atoms with Crippen molar-refractivity contribution in [1.29, 1.82) is 0 Å². The summed E-state index contributed by atoms with van der Waals surface area (Å²) in [5.74, 6) is -0.904. The van der Waals surface area contributed by atoms with Gasteiger partial charge in [0.2, 0.25) is 0 Å². The molecule has 1 aromatic rings. The fraction of sp³-hybridized carbons (Fsp3) is 0.750. The van der Waals surface area contributed by atoms with E-state index in [4.69, 9.17) is 21.1 Å². The van der Waals surface area contributed by atoms with Crippen LogP contribution in [-0.2, 0) is 15.1 Å². The first-order valence-electron chi connectivity index (χ1n) is 13.9. The molecule has 0 bridgehead atoms. The van der Waals surface area contributed by atoms with Crippen LogP contribution in [0.2, 0.25) is 5.02 Å². The fourth-order valence-corrected chi connectivity index (χ4v) is 5.88. The minimum Gasteiger partial charge on any atom is -0.385 e. The molecule has 2 fully saturated rings. The summed E-state index contributed by atoms with van der Waals surface area (Å²) in [4.78, 5) is 15.2. The first-order chi connectivity index (χ1) is 17.8. The molecule has 7 nitrogen and oxygen atoms in total. The topological polar surface area (TPSA) is 83.1 Å². The van der Waals surface area contributed by atoms with Gasteiger partial charge in [-0.1, -0.05) is 37.6 Å². The van der Waals surface area contributed by atoms with E-state index in [1.165, 1.54) is 6.07 Å². The first kappa shape index (κ1) is 30.1. The maximum absolute atomic E-state index is 15.2. The highest BCUT2D eigenvalue weighted by molar-refractivity contribution is 6.30. The molecule has 2 aliphatic heterocycles. The van der Waals surface area contributed by atoms with Crippen LogP contribution in [0.15, 0.2) is 18.2 Å². The number of nitrogens with zero attached hydrogens (tertiary/aromatic N) is 1. The second kappa shape index (κ2) is 14.6. The number of likely N-dealkylation sites (tertiary alicyclic amines) is 1. The van der Waals surface area contributed by atoms with Crippen molar-refractivity contribution >= 4 is 17.6 Å². The molecule has 210 valence electrons. The predicted octanol–water partition coefficient (Wildman–Crippen LogP) is 4.84. The highest BCUT2D eigenvalue weighted by Gasteiger charge is 2.43. The Bertz CT molecular complexity index is 859. The Labute approximate surface area is 226 Å². The van der Waals surface area contributed by atoms with E-state index in [-0.39, 0.29) is 40.8 Å². The summed E-state index contributed by atoms with van der Waals surface area (Å²) in [6.45, 7) is 7.28. The third kappa shape index (κ3) is 7.79. The van der Waals surface area contributed by atoms with Gasteiger partial charge in [-0.2, -0.15) is 0 Å². The largest absolute Gasteiger partial charge is 0.385 e. The van der Waals surface area contributed by atoms with Crippen LogP contribution >= 0.6 is 11.6 Å². The lowest BCUT2D eigenvalue weighted by molar-refractivity contribution is -0.0605. The summed E-state index contributed by atoms with van der Waals surface area (Å²) >= 11 is 6.10. The summed E-state index contributed by atoms with van der Waals surface area (Å²) < 4.78 is 26.7. The lowest BCUT2D eigenvalue weighted by Gasteiger charge is -2.43. The maximum Gasteiger partial charge on any atom is 0.317 e. The predicted molar refractivity (Wildman–Crippen MR) is 144 cm³/mol. The number of hydrogen-bond donors (Lipinski definition) is 3. The molecular formula is C28H45ClFN3O4. The number of rotatable bonds is 12. The van der Waals surface area contributed by atoms with Crippen molar-refractivity contribution in [2.45, 2.75) is 89.1 Å². The molecule has 0 unspecified atom stereocenters. The van der Waals surface area contributed by atoms with E-state index in [2.05, 4.69) is 24.5 Å². The number of piperidine rings is 2. The first-order valence-corrected chi connectivity index (χ1v) is 14.3. The van der Waals surface area contributed by atoms with Crippen molar-refractivity contribution in [1.82, 2.24) is 15.5 Å². The lowest BCUT2D eigenvalue weighted by atomic mass is 9.74. The number of nitrogens with one attached hydrogen (secondary N) is 2. The standard InChI is InChI=1S/C28H45ClFN3O4/c1-4-21(5-2)37-25-13-15-31-18-24(25)32-27(34)33-16-9-10-20(19-33)28(35,14-6-7-17-36-3)22-11-8-12-23(29)26(22)30/h8,11-12,20-21,24-25,31,35H,4-7,9-10,13-19H2,1-3H3,(H,32,34)/t20-,24-,25-,28+/m1/s1. The minimum absolute atomic E-state index is 0.00784. The maximum atomic E-state index is 15.2.